The zero-order valence-electron chi connectivity index (χ0n) is 9.69. The van der Waals surface area contributed by atoms with Gasteiger partial charge >= 0.3 is 0 Å². The molecule has 0 saturated heterocycles. The van der Waals surface area contributed by atoms with E-state index in [-0.39, 0.29) is 4.47 Å². The van der Waals surface area contributed by atoms with Crippen molar-refractivity contribution in [3.05, 3.63) is 28.2 Å². The van der Waals surface area contributed by atoms with Crippen molar-refractivity contribution in [3.8, 4) is 0 Å². The second-order valence-corrected chi connectivity index (χ2v) is 6.54. The van der Waals surface area contributed by atoms with Crippen molar-refractivity contribution >= 4 is 26.0 Å². The van der Waals surface area contributed by atoms with Gasteiger partial charge in [-0.25, -0.2) is 17.2 Å². The Kier molecular flexibility index (Phi) is 4.82. The number of likely N-dealkylation sites (N-methyl/N-ethyl adjacent to an activating group) is 1. The van der Waals surface area contributed by atoms with E-state index in [1.807, 2.05) is 0 Å². The van der Waals surface area contributed by atoms with Gasteiger partial charge in [-0.1, -0.05) is 0 Å². The van der Waals surface area contributed by atoms with Crippen molar-refractivity contribution < 1.29 is 22.3 Å². The second-order valence-electron chi connectivity index (χ2n) is 3.75. The van der Waals surface area contributed by atoms with Crippen molar-refractivity contribution in [3.63, 3.8) is 0 Å². The molecule has 0 heterocycles. The Balaban J connectivity index is 3.38. The van der Waals surface area contributed by atoms with Crippen LogP contribution in [0.3, 0.4) is 0 Å². The Morgan fingerprint density at radius 1 is 1.44 bits per heavy atom. The summed E-state index contributed by atoms with van der Waals surface area (Å²) in [6.07, 6.45) is 0. The second kappa shape index (κ2) is 5.60. The van der Waals surface area contributed by atoms with Crippen molar-refractivity contribution in [1.82, 2.24) is 4.31 Å². The molecule has 0 fully saturated rings. The molecule has 102 valence electrons. The summed E-state index contributed by atoms with van der Waals surface area (Å²) in [4.78, 5) is -0.647. The lowest BCUT2D eigenvalue weighted by atomic mass is 10.3. The minimum atomic E-state index is -4.14. The molecule has 0 bridgehead atoms. The maximum atomic E-state index is 13.6. The maximum absolute atomic E-state index is 13.6. The third-order valence-corrected chi connectivity index (χ3v) is 5.42. The summed E-state index contributed by atoms with van der Waals surface area (Å²) in [5, 5.41) is 8.93. The van der Waals surface area contributed by atoms with Crippen LogP contribution in [0.4, 0.5) is 8.78 Å². The highest BCUT2D eigenvalue weighted by atomic mass is 79.9. The predicted molar refractivity (Wildman–Crippen MR) is 65.6 cm³/mol. The Morgan fingerprint density at radius 3 is 2.44 bits per heavy atom. The highest BCUT2D eigenvalue weighted by molar-refractivity contribution is 9.10. The van der Waals surface area contributed by atoms with E-state index in [4.69, 9.17) is 5.11 Å². The lowest BCUT2D eigenvalue weighted by Crippen LogP contribution is -2.37. The summed E-state index contributed by atoms with van der Waals surface area (Å²) < 4.78 is 51.3. The van der Waals surface area contributed by atoms with Gasteiger partial charge in [0.2, 0.25) is 10.0 Å². The summed E-state index contributed by atoms with van der Waals surface area (Å²) >= 11 is 2.82. The number of hydrogen-bond acceptors (Lipinski definition) is 3. The molecule has 8 heteroatoms. The van der Waals surface area contributed by atoms with Gasteiger partial charge in [0.05, 0.1) is 6.61 Å². The van der Waals surface area contributed by atoms with Crippen LogP contribution < -0.4 is 0 Å². The van der Waals surface area contributed by atoms with Crippen molar-refractivity contribution in [2.75, 3.05) is 13.7 Å². The molecule has 0 saturated carbocycles. The van der Waals surface area contributed by atoms with Crippen LogP contribution in [-0.4, -0.2) is 37.5 Å². The third-order valence-electron chi connectivity index (χ3n) is 2.49. The average molecular weight is 344 g/mol. The molecule has 1 atom stereocenters. The normalized spacial score (nSPS) is 13.9. The van der Waals surface area contributed by atoms with E-state index in [9.17, 15) is 17.2 Å². The highest BCUT2D eigenvalue weighted by Gasteiger charge is 2.30. The molecule has 4 nitrogen and oxygen atoms in total. The highest BCUT2D eigenvalue weighted by Crippen LogP contribution is 2.29. The van der Waals surface area contributed by atoms with E-state index in [1.165, 1.54) is 14.0 Å². The van der Waals surface area contributed by atoms with Gasteiger partial charge < -0.3 is 5.11 Å². The number of benzene rings is 1. The molecule has 1 aromatic carbocycles. The SMILES string of the molecule is CC(CO)N(C)S(=O)(=O)c1c(F)cc(F)cc1Br. The standard InChI is InChI=1S/C10H12BrF2NO3S/c1-6(5-15)14(2)18(16,17)10-8(11)3-7(12)4-9(10)13/h3-4,6,15H,5H2,1-2H3. The van der Waals surface area contributed by atoms with Gasteiger partial charge in [-0.05, 0) is 28.9 Å². The fourth-order valence-corrected chi connectivity index (χ4v) is 3.73. The minimum absolute atomic E-state index is 0.197. The number of aliphatic hydroxyl groups excluding tert-OH is 1. The summed E-state index contributed by atoms with van der Waals surface area (Å²) in [7, 11) is -2.93. The van der Waals surface area contributed by atoms with Crippen LogP contribution in [0, 0.1) is 11.6 Å². The van der Waals surface area contributed by atoms with Gasteiger partial charge in [-0.3, -0.25) is 0 Å². The Hall–Kier alpha value is -0.570. The first-order valence-electron chi connectivity index (χ1n) is 4.95. The minimum Gasteiger partial charge on any atom is -0.395 e. The molecule has 1 rings (SSSR count). The smallest absolute Gasteiger partial charge is 0.247 e. The quantitative estimate of drug-likeness (QED) is 0.905. The Morgan fingerprint density at radius 2 is 2.00 bits per heavy atom. The van der Waals surface area contributed by atoms with Gasteiger partial charge in [-0.2, -0.15) is 4.31 Å². The zero-order valence-corrected chi connectivity index (χ0v) is 12.1. The lowest BCUT2D eigenvalue weighted by Gasteiger charge is -2.23. The van der Waals surface area contributed by atoms with E-state index in [0.717, 1.165) is 10.4 Å². The van der Waals surface area contributed by atoms with E-state index < -0.39 is 39.2 Å². The van der Waals surface area contributed by atoms with Crippen LogP contribution >= 0.6 is 15.9 Å². The lowest BCUT2D eigenvalue weighted by molar-refractivity contribution is 0.213. The van der Waals surface area contributed by atoms with Crippen LogP contribution in [0.15, 0.2) is 21.5 Å². The topological polar surface area (TPSA) is 57.6 Å². The van der Waals surface area contributed by atoms with Crippen molar-refractivity contribution in [2.24, 2.45) is 0 Å². The van der Waals surface area contributed by atoms with E-state index in [1.54, 1.807) is 0 Å². The molecule has 0 amide bonds. The molecular weight excluding hydrogens is 332 g/mol. The molecule has 0 aliphatic heterocycles. The first-order valence-corrected chi connectivity index (χ1v) is 7.18. The summed E-state index contributed by atoms with van der Waals surface area (Å²) in [5.41, 5.74) is 0. The molecule has 1 aromatic rings. The van der Waals surface area contributed by atoms with E-state index >= 15 is 0 Å². The first-order chi connectivity index (χ1) is 8.21. The molecule has 0 aliphatic rings. The number of aliphatic hydroxyl groups is 1. The number of rotatable bonds is 4. The number of hydrogen-bond donors (Lipinski definition) is 1. The molecule has 18 heavy (non-hydrogen) atoms. The molecule has 1 unspecified atom stereocenters. The van der Waals surface area contributed by atoms with Crippen LogP contribution in [0.2, 0.25) is 0 Å². The summed E-state index contributed by atoms with van der Waals surface area (Å²) in [6.45, 7) is 1.06. The van der Waals surface area contributed by atoms with Crippen LogP contribution in [-0.2, 0) is 10.0 Å². The molecular formula is C10H12BrF2NO3S. The number of nitrogens with zero attached hydrogens (tertiary/aromatic N) is 1. The monoisotopic (exact) mass is 343 g/mol. The Labute approximate surface area is 112 Å². The number of sulfonamides is 1. The molecule has 0 aliphatic carbocycles. The molecule has 0 aromatic heterocycles. The van der Waals surface area contributed by atoms with Crippen molar-refractivity contribution in [1.29, 1.82) is 0 Å². The zero-order chi connectivity index (χ0) is 14.1. The maximum Gasteiger partial charge on any atom is 0.247 e. The average Bonchev–Trinajstić information content (AvgIpc) is 2.24. The largest absolute Gasteiger partial charge is 0.395 e. The van der Waals surface area contributed by atoms with Crippen LogP contribution in [0.5, 0.6) is 0 Å². The van der Waals surface area contributed by atoms with Crippen LogP contribution in [0.1, 0.15) is 6.92 Å². The fourth-order valence-electron chi connectivity index (χ4n) is 1.27. The third kappa shape index (κ3) is 2.87. The van der Waals surface area contributed by atoms with Gasteiger partial charge in [0, 0.05) is 23.6 Å². The number of halogens is 3. The molecule has 0 spiro atoms. The van der Waals surface area contributed by atoms with Crippen LogP contribution in [0.25, 0.3) is 0 Å². The first kappa shape index (κ1) is 15.5. The van der Waals surface area contributed by atoms with Gasteiger partial charge in [0.25, 0.3) is 0 Å². The molecule has 1 N–H and O–H groups in total. The van der Waals surface area contributed by atoms with E-state index in [0.29, 0.717) is 6.07 Å². The van der Waals surface area contributed by atoms with Gasteiger partial charge in [-0.15, -0.1) is 0 Å². The van der Waals surface area contributed by atoms with E-state index in [2.05, 4.69) is 15.9 Å². The Bertz CT molecular complexity index is 527. The predicted octanol–water partition coefficient (Wildman–Crippen LogP) is 1.73. The van der Waals surface area contributed by atoms with Crippen molar-refractivity contribution in [2.45, 2.75) is 17.9 Å². The molecule has 0 radical (unpaired) electrons. The summed E-state index contributed by atoms with van der Waals surface area (Å²) in [5.74, 6) is -2.06. The summed E-state index contributed by atoms with van der Waals surface area (Å²) in [6, 6.07) is 0.647. The fraction of sp³-hybridized carbons (Fsp3) is 0.400. The van der Waals surface area contributed by atoms with Gasteiger partial charge in [0.1, 0.15) is 16.5 Å². The van der Waals surface area contributed by atoms with Gasteiger partial charge in [0.15, 0.2) is 0 Å².